The molecule has 2 nitrogen and oxygen atoms in total. The van der Waals surface area contributed by atoms with E-state index < -0.39 is 0 Å². The van der Waals surface area contributed by atoms with Crippen molar-refractivity contribution in [3.05, 3.63) is 48.0 Å². The number of ether oxygens (including phenoxy) is 1. The number of benzene rings is 1. The first-order valence-corrected chi connectivity index (χ1v) is 10.00. The molecule has 0 amide bonds. The van der Waals surface area contributed by atoms with Crippen LogP contribution in [0.4, 0.5) is 0 Å². The maximum Gasteiger partial charge on any atom is 0.306 e. The molecule has 0 aliphatic heterocycles. The van der Waals surface area contributed by atoms with Gasteiger partial charge in [-0.15, -0.1) is 0 Å². The molecule has 132 valence electrons. The van der Waals surface area contributed by atoms with E-state index in [1.54, 1.807) is 0 Å². The van der Waals surface area contributed by atoms with Gasteiger partial charge in [0.05, 0.1) is 13.0 Å². The van der Waals surface area contributed by atoms with Crippen molar-refractivity contribution in [2.45, 2.75) is 51.2 Å². The van der Waals surface area contributed by atoms with Crippen LogP contribution in [0.3, 0.4) is 0 Å². The van der Waals surface area contributed by atoms with Crippen LogP contribution < -0.4 is 0 Å². The van der Waals surface area contributed by atoms with Crippen LogP contribution in [0.1, 0.15) is 45.6 Å². The molecule has 1 aromatic rings. The van der Waals surface area contributed by atoms with Crippen LogP contribution >= 0.6 is 11.8 Å². The van der Waals surface area contributed by atoms with Gasteiger partial charge in [-0.2, -0.15) is 11.8 Å². The summed E-state index contributed by atoms with van der Waals surface area (Å²) in [6, 6.07) is 10.1. The zero-order valence-corrected chi connectivity index (χ0v) is 16.0. The largest absolute Gasteiger partial charge is 0.465 e. The molecule has 1 aromatic carbocycles. The lowest BCUT2D eigenvalue weighted by molar-refractivity contribution is -0.143. The number of rotatable bonds is 8. The zero-order valence-electron chi connectivity index (χ0n) is 15.2. The van der Waals surface area contributed by atoms with Crippen LogP contribution in [0.5, 0.6) is 0 Å². The highest BCUT2D eigenvalue weighted by Gasteiger charge is 2.28. The predicted molar refractivity (Wildman–Crippen MR) is 103 cm³/mol. The standard InChI is InChI=1S/C21H30O2S/c1-17(2)19-9-13-21(3,14-10-19)24-16-12-20(22)23-15-11-18-7-5-4-6-8-18/h4-9,13,17,19H,10-12,14-16H2,1-3H3. The van der Waals surface area contributed by atoms with E-state index in [9.17, 15) is 4.79 Å². The number of thioether (sulfide) groups is 1. The highest BCUT2D eigenvalue weighted by atomic mass is 32.2. The Morgan fingerprint density at radius 3 is 2.71 bits per heavy atom. The predicted octanol–water partition coefficient (Wildman–Crippen LogP) is 5.28. The number of allylic oxidation sites excluding steroid dienone is 1. The van der Waals surface area contributed by atoms with E-state index in [-0.39, 0.29) is 10.7 Å². The normalized spacial score (nSPS) is 23.4. The van der Waals surface area contributed by atoms with Crippen molar-refractivity contribution in [1.82, 2.24) is 0 Å². The van der Waals surface area contributed by atoms with Crippen LogP contribution in [-0.2, 0) is 16.0 Å². The maximum atomic E-state index is 11.9. The smallest absolute Gasteiger partial charge is 0.306 e. The van der Waals surface area contributed by atoms with Crippen molar-refractivity contribution in [2.24, 2.45) is 11.8 Å². The molecule has 1 aliphatic carbocycles. The van der Waals surface area contributed by atoms with Gasteiger partial charge in [0.1, 0.15) is 0 Å². The van der Waals surface area contributed by atoms with Crippen LogP contribution in [0, 0.1) is 11.8 Å². The highest BCUT2D eigenvalue weighted by Crippen LogP contribution is 2.39. The minimum absolute atomic E-state index is 0.0816. The zero-order chi connectivity index (χ0) is 17.4. The van der Waals surface area contributed by atoms with Crippen molar-refractivity contribution in [3.63, 3.8) is 0 Å². The van der Waals surface area contributed by atoms with Crippen LogP contribution in [0.15, 0.2) is 42.5 Å². The fourth-order valence-electron chi connectivity index (χ4n) is 3.00. The lowest BCUT2D eigenvalue weighted by atomic mass is 9.83. The number of carbonyl (C=O) groups is 1. The van der Waals surface area contributed by atoms with Gasteiger partial charge in [0.2, 0.25) is 0 Å². The maximum absolute atomic E-state index is 11.9. The van der Waals surface area contributed by atoms with Crippen LogP contribution in [-0.4, -0.2) is 23.1 Å². The molecule has 2 rings (SSSR count). The van der Waals surface area contributed by atoms with Gasteiger partial charge in [-0.1, -0.05) is 56.3 Å². The molecule has 0 N–H and O–H groups in total. The average molecular weight is 347 g/mol. The lowest BCUT2D eigenvalue weighted by Crippen LogP contribution is -2.25. The van der Waals surface area contributed by atoms with Gasteiger partial charge in [0.15, 0.2) is 0 Å². The van der Waals surface area contributed by atoms with Gasteiger partial charge >= 0.3 is 5.97 Å². The van der Waals surface area contributed by atoms with Gasteiger partial charge in [-0.05, 0) is 37.2 Å². The van der Waals surface area contributed by atoms with Gasteiger partial charge in [0, 0.05) is 16.9 Å². The molecule has 0 saturated heterocycles. The third-order valence-corrected chi connectivity index (χ3v) is 6.17. The number of esters is 1. The summed E-state index contributed by atoms with van der Waals surface area (Å²) in [5.74, 6) is 2.18. The first kappa shape index (κ1) is 19.1. The van der Waals surface area contributed by atoms with Gasteiger partial charge in [-0.25, -0.2) is 0 Å². The van der Waals surface area contributed by atoms with E-state index in [1.807, 2.05) is 30.0 Å². The summed E-state index contributed by atoms with van der Waals surface area (Å²) in [7, 11) is 0. The third-order valence-electron chi connectivity index (χ3n) is 4.76. The summed E-state index contributed by atoms with van der Waals surface area (Å²) in [4.78, 5) is 11.9. The van der Waals surface area contributed by atoms with E-state index in [1.165, 1.54) is 18.4 Å². The molecular weight excluding hydrogens is 316 g/mol. The Balaban J connectivity index is 1.63. The SMILES string of the molecule is CC(C)C1C=CC(C)(SCCC(=O)OCCc2ccccc2)CC1. The number of carbonyl (C=O) groups excluding carboxylic acids is 1. The van der Waals surface area contributed by atoms with Gasteiger partial charge in [-0.3, -0.25) is 4.79 Å². The minimum Gasteiger partial charge on any atom is -0.465 e. The second-order valence-corrected chi connectivity index (χ2v) is 8.80. The Morgan fingerprint density at radius 2 is 2.08 bits per heavy atom. The molecule has 0 saturated carbocycles. The molecule has 0 aromatic heterocycles. The first-order chi connectivity index (χ1) is 11.5. The van der Waals surface area contributed by atoms with E-state index >= 15 is 0 Å². The third kappa shape index (κ3) is 6.35. The monoisotopic (exact) mass is 346 g/mol. The fraction of sp³-hybridized carbons (Fsp3) is 0.571. The van der Waals surface area contributed by atoms with E-state index in [2.05, 4.69) is 45.1 Å². The minimum atomic E-state index is -0.0816. The number of hydrogen-bond donors (Lipinski definition) is 0. The number of hydrogen-bond acceptors (Lipinski definition) is 3. The molecule has 0 radical (unpaired) electrons. The fourth-order valence-corrected chi connectivity index (χ4v) is 4.17. The molecule has 2 atom stereocenters. The topological polar surface area (TPSA) is 26.3 Å². The van der Waals surface area contributed by atoms with Crippen LogP contribution in [0.25, 0.3) is 0 Å². The van der Waals surface area contributed by atoms with Crippen molar-refractivity contribution in [2.75, 3.05) is 12.4 Å². The summed E-state index contributed by atoms with van der Waals surface area (Å²) in [5.41, 5.74) is 1.21. The van der Waals surface area contributed by atoms with Gasteiger partial charge in [0.25, 0.3) is 0 Å². The van der Waals surface area contributed by atoms with Crippen molar-refractivity contribution in [3.8, 4) is 0 Å². The Morgan fingerprint density at radius 1 is 1.33 bits per heavy atom. The lowest BCUT2D eigenvalue weighted by Gasteiger charge is -2.33. The van der Waals surface area contributed by atoms with Crippen molar-refractivity contribution in [1.29, 1.82) is 0 Å². The summed E-state index contributed by atoms with van der Waals surface area (Å²) in [6.07, 6.45) is 8.46. The average Bonchev–Trinajstić information content (AvgIpc) is 2.56. The second-order valence-electron chi connectivity index (χ2n) is 7.17. The van der Waals surface area contributed by atoms with E-state index in [4.69, 9.17) is 4.74 Å². The summed E-state index contributed by atoms with van der Waals surface area (Å²) in [6.45, 7) is 7.33. The molecule has 2 unspecified atom stereocenters. The first-order valence-electron chi connectivity index (χ1n) is 9.01. The van der Waals surface area contributed by atoms with Crippen LogP contribution in [0.2, 0.25) is 0 Å². The van der Waals surface area contributed by atoms with E-state index in [0.717, 1.165) is 18.1 Å². The molecule has 0 bridgehead atoms. The van der Waals surface area contributed by atoms with Gasteiger partial charge < -0.3 is 4.74 Å². The van der Waals surface area contributed by atoms with Crippen molar-refractivity contribution >= 4 is 17.7 Å². The Hall–Kier alpha value is -1.22. The Labute approximate surface area is 151 Å². The molecular formula is C21H30O2S. The molecule has 0 fully saturated rings. The molecule has 0 heterocycles. The Bertz CT molecular complexity index is 538. The summed E-state index contributed by atoms with van der Waals surface area (Å²) in [5, 5.41) is 0. The van der Waals surface area contributed by atoms with Crippen molar-refractivity contribution < 1.29 is 9.53 Å². The quantitative estimate of drug-likeness (QED) is 0.473. The molecule has 1 aliphatic rings. The van der Waals surface area contributed by atoms with E-state index in [0.29, 0.717) is 18.9 Å². The second kappa shape index (κ2) is 9.31. The molecule has 24 heavy (non-hydrogen) atoms. The summed E-state index contributed by atoms with van der Waals surface area (Å²) >= 11 is 1.88. The summed E-state index contributed by atoms with van der Waals surface area (Å²) < 4.78 is 5.52. The Kier molecular flexibility index (Phi) is 7.41. The molecule has 3 heteroatoms. The highest BCUT2D eigenvalue weighted by molar-refractivity contribution is 8.00. The molecule has 0 spiro atoms.